The lowest BCUT2D eigenvalue weighted by molar-refractivity contribution is 1.03. The summed E-state index contributed by atoms with van der Waals surface area (Å²) in [6.45, 7) is 2.91. The zero-order chi connectivity index (χ0) is 9.10. The number of fused-ring (bicyclic) bond motifs is 1. The van der Waals surface area contributed by atoms with Gasteiger partial charge in [0.1, 0.15) is 0 Å². The molecule has 0 unspecified atom stereocenters. The Labute approximate surface area is 76.8 Å². The standard InChI is InChI=1S/C10H11N3/c1-2-11-10-9-6-4-3-5-8(9)7-12-13-10/h3-7H,2H2,1H3,(H,11,13). The molecule has 1 aromatic heterocycles. The molecule has 0 saturated carbocycles. The van der Waals surface area contributed by atoms with Gasteiger partial charge >= 0.3 is 0 Å². The number of benzene rings is 1. The Morgan fingerprint density at radius 2 is 2.15 bits per heavy atom. The summed E-state index contributed by atoms with van der Waals surface area (Å²) in [5, 5.41) is 13.4. The van der Waals surface area contributed by atoms with Crippen LogP contribution >= 0.6 is 0 Å². The summed E-state index contributed by atoms with van der Waals surface area (Å²) in [6.07, 6.45) is 1.77. The summed E-state index contributed by atoms with van der Waals surface area (Å²) in [7, 11) is 0. The van der Waals surface area contributed by atoms with Gasteiger partial charge in [0.05, 0.1) is 6.20 Å². The molecule has 2 aromatic rings. The Kier molecular flexibility index (Phi) is 2.08. The number of nitrogens with zero attached hydrogens (tertiary/aromatic N) is 2. The minimum atomic E-state index is 0.862. The fraction of sp³-hybridized carbons (Fsp3) is 0.200. The molecular formula is C10H11N3. The summed E-state index contributed by atoms with van der Waals surface area (Å²) < 4.78 is 0. The molecular weight excluding hydrogens is 162 g/mol. The van der Waals surface area contributed by atoms with Crippen LogP contribution in [0.15, 0.2) is 30.5 Å². The highest BCUT2D eigenvalue weighted by atomic mass is 15.2. The van der Waals surface area contributed by atoms with E-state index in [-0.39, 0.29) is 0 Å². The minimum absolute atomic E-state index is 0.862. The smallest absolute Gasteiger partial charge is 0.156 e. The molecule has 1 heterocycles. The molecule has 0 fully saturated rings. The average molecular weight is 173 g/mol. The first-order chi connectivity index (χ1) is 6.42. The second kappa shape index (κ2) is 3.39. The molecule has 66 valence electrons. The van der Waals surface area contributed by atoms with E-state index in [1.807, 2.05) is 31.2 Å². The molecule has 0 spiro atoms. The minimum Gasteiger partial charge on any atom is -0.368 e. The van der Waals surface area contributed by atoms with Gasteiger partial charge in [-0.2, -0.15) is 5.10 Å². The Hall–Kier alpha value is -1.64. The van der Waals surface area contributed by atoms with Gasteiger partial charge in [0.2, 0.25) is 0 Å². The third kappa shape index (κ3) is 1.45. The van der Waals surface area contributed by atoms with Gasteiger partial charge in [0.15, 0.2) is 5.82 Å². The van der Waals surface area contributed by atoms with E-state index in [1.165, 1.54) is 0 Å². The molecule has 0 aliphatic heterocycles. The maximum atomic E-state index is 4.04. The van der Waals surface area contributed by atoms with E-state index in [9.17, 15) is 0 Å². The quantitative estimate of drug-likeness (QED) is 0.755. The van der Waals surface area contributed by atoms with Crippen LogP contribution < -0.4 is 5.32 Å². The second-order valence-electron chi connectivity index (χ2n) is 2.81. The first kappa shape index (κ1) is 7.98. The van der Waals surface area contributed by atoms with E-state index in [0.717, 1.165) is 23.1 Å². The average Bonchev–Trinajstić information content (AvgIpc) is 2.19. The van der Waals surface area contributed by atoms with Crippen molar-refractivity contribution in [2.24, 2.45) is 0 Å². The van der Waals surface area contributed by atoms with Gasteiger partial charge in [-0.15, -0.1) is 5.10 Å². The van der Waals surface area contributed by atoms with Crippen molar-refractivity contribution in [2.45, 2.75) is 6.92 Å². The SMILES string of the molecule is CCNc1nncc2ccccc12. The van der Waals surface area contributed by atoms with Crippen LogP contribution in [0.2, 0.25) is 0 Å². The number of rotatable bonds is 2. The van der Waals surface area contributed by atoms with Crippen molar-refractivity contribution in [1.29, 1.82) is 0 Å². The van der Waals surface area contributed by atoms with E-state index in [0.29, 0.717) is 0 Å². The summed E-state index contributed by atoms with van der Waals surface area (Å²) in [5.41, 5.74) is 0. The van der Waals surface area contributed by atoms with Gasteiger partial charge in [-0.25, -0.2) is 0 Å². The van der Waals surface area contributed by atoms with Crippen molar-refractivity contribution < 1.29 is 0 Å². The van der Waals surface area contributed by atoms with Crippen LogP contribution in [0.1, 0.15) is 6.92 Å². The summed E-state index contributed by atoms with van der Waals surface area (Å²) in [6, 6.07) is 8.08. The van der Waals surface area contributed by atoms with Gasteiger partial charge in [0.25, 0.3) is 0 Å². The van der Waals surface area contributed by atoms with Crippen molar-refractivity contribution in [2.75, 3.05) is 11.9 Å². The number of aromatic nitrogens is 2. The second-order valence-corrected chi connectivity index (χ2v) is 2.81. The Bertz CT molecular complexity index is 406. The molecule has 0 aliphatic rings. The predicted molar refractivity (Wildman–Crippen MR) is 53.7 cm³/mol. The normalized spacial score (nSPS) is 10.2. The molecule has 13 heavy (non-hydrogen) atoms. The molecule has 0 amide bonds. The van der Waals surface area contributed by atoms with Crippen molar-refractivity contribution >= 4 is 16.6 Å². The Morgan fingerprint density at radius 3 is 3.00 bits per heavy atom. The lowest BCUT2D eigenvalue weighted by Gasteiger charge is -2.04. The van der Waals surface area contributed by atoms with Gasteiger partial charge in [-0.1, -0.05) is 24.3 Å². The van der Waals surface area contributed by atoms with Crippen molar-refractivity contribution in [3.05, 3.63) is 30.5 Å². The molecule has 2 rings (SSSR count). The highest BCUT2D eigenvalue weighted by Crippen LogP contribution is 2.18. The highest BCUT2D eigenvalue weighted by molar-refractivity contribution is 5.90. The predicted octanol–water partition coefficient (Wildman–Crippen LogP) is 2.06. The van der Waals surface area contributed by atoms with E-state index >= 15 is 0 Å². The topological polar surface area (TPSA) is 37.8 Å². The van der Waals surface area contributed by atoms with Gasteiger partial charge in [-0.3, -0.25) is 0 Å². The lowest BCUT2D eigenvalue weighted by Crippen LogP contribution is -2.00. The molecule has 3 nitrogen and oxygen atoms in total. The van der Waals surface area contributed by atoms with E-state index in [4.69, 9.17) is 0 Å². The molecule has 0 atom stereocenters. The Morgan fingerprint density at radius 1 is 1.31 bits per heavy atom. The van der Waals surface area contributed by atoms with Crippen LogP contribution in [0.5, 0.6) is 0 Å². The van der Waals surface area contributed by atoms with E-state index in [2.05, 4.69) is 15.5 Å². The van der Waals surface area contributed by atoms with Crippen LogP contribution in [0, 0.1) is 0 Å². The maximum absolute atomic E-state index is 4.04. The summed E-state index contributed by atoms with van der Waals surface area (Å²) >= 11 is 0. The molecule has 0 bridgehead atoms. The number of hydrogen-bond donors (Lipinski definition) is 1. The summed E-state index contributed by atoms with van der Waals surface area (Å²) in [5.74, 6) is 0.862. The van der Waals surface area contributed by atoms with E-state index < -0.39 is 0 Å². The van der Waals surface area contributed by atoms with E-state index in [1.54, 1.807) is 6.20 Å². The van der Waals surface area contributed by atoms with Crippen molar-refractivity contribution in [3.63, 3.8) is 0 Å². The van der Waals surface area contributed by atoms with Crippen LogP contribution in [0.4, 0.5) is 5.82 Å². The van der Waals surface area contributed by atoms with Crippen molar-refractivity contribution in [3.8, 4) is 0 Å². The summed E-state index contributed by atoms with van der Waals surface area (Å²) in [4.78, 5) is 0. The molecule has 0 aliphatic carbocycles. The first-order valence-corrected chi connectivity index (χ1v) is 4.36. The van der Waals surface area contributed by atoms with Gasteiger partial charge < -0.3 is 5.32 Å². The maximum Gasteiger partial charge on any atom is 0.156 e. The first-order valence-electron chi connectivity index (χ1n) is 4.36. The van der Waals surface area contributed by atoms with Crippen LogP contribution in [-0.2, 0) is 0 Å². The third-order valence-corrected chi connectivity index (χ3v) is 1.91. The number of hydrogen-bond acceptors (Lipinski definition) is 3. The van der Waals surface area contributed by atoms with Crippen molar-refractivity contribution in [1.82, 2.24) is 10.2 Å². The molecule has 0 saturated heterocycles. The van der Waals surface area contributed by atoms with Gasteiger partial charge in [-0.05, 0) is 6.92 Å². The number of nitrogens with one attached hydrogen (secondary N) is 1. The lowest BCUT2D eigenvalue weighted by atomic mass is 10.2. The van der Waals surface area contributed by atoms with Gasteiger partial charge in [0, 0.05) is 17.3 Å². The van der Waals surface area contributed by atoms with Crippen LogP contribution in [0.3, 0.4) is 0 Å². The fourth-order valence-electron chi connectivity index (χ4n) is 1.33. The van der Waals surface area contributed by atoms with Crippen LogP contribution in [-0.4, -0.2) is 16.7 Å². The van der Waals surface area contributed by atoms with Crippen LogP contribution in [0.25, 0.3) is 10.8 Å². The fourth-order valence-corrected chi connectivity index (χ4v) is 1.33. The molecule has 1 N–H and O–H groups in total. The zero-order valence-corrected chi connectivity index (χ0v) is 7.49. The molecule has 0 radical (unpaired) electrons. The molecule has 3 heteroatoms. The molecule has 1 aromatic carbocycles. The largest absolute Gasteiger partial charge is 0.368 e. The Balaban J connectivity index is 2.61. The third-order valence-electron chi connectivity index (χ3n) is 1.91. The zero-order valence-electron chi connectivity index (χ0n) is 7.49. The monoisotopic (exact) mass is 173 g/mol. The highest BCUT2D eigenvalue weighted by Gasteiger charge is 1.99. The number of anilines is 1.